The molecule has 5 heterocycles. The van der Waals surface area contributed by atoms with Crippen molar-refractivity contribution in [3.63, 3.8) is 0 Å². The Bertz CT molecular complexity index is 1780. The molecule has 2 atom stereocenters. The van der Waals surface area contributed by atoms with Crippen LogP contribution in [0.5, 0.6) is 11.5 Å². The van der Waals surface area contributed by atoms with E-state index >= 15 is 0 Å². The van der Waals surface area contributed by atoms with Gasteiger partial charge in [-0.25, -0.2) is 9.78 Å². The maximum absolute atomic E-state index is 13.5. The Labute approximate surface area is 261 Å². The summed E-state index contributed by atoms with van der Waals surface area (Å²) in [5.74, 6) is 1.16. The zero-order valence-corrected chi connectivity index (χ0v) is 25.6. The van der Waals surface area contributed by atoms with E-state index in [2.05, 4.69) is 20.5 Å². The average molecular weight is 609 g/mol. The summed E-state index contributed by atoms with van der Waals surface area (Å²) in [4.78, 5) is 35.3. The molecule has 2 fully saturated rings. The molecular weight excluding hydrogens is 572 g/mol. The fourth-order valence-electron chi connectivity index (χ4n) is 6.19. The number of anilines is 3. The Morgan fingerprint density at radius 3 is 2.56 bits per heavy atom. The molecule has 2 unspecified atom stereocenters. The number of ketones is 1. The molecule has 0 spiro atoms. The number of benzene rings is 2. The number of rotatable bonds is 8. The van der Waals surface area contributed by atoms with Crippen molar-refractivity contribution in [1.29, 1.82) is 0 Å². The Hall–Kier alpha value is -4.87. The molecule has 232 valence electrons. The monoisotopic (exact) mass is 608 g/mol. The van der Waals surface area contributed by atoms with Crippen LogP contribution in [-0.2, 0) is 11.8 Å². The Morgan fingerprint density at radius 2 is 1.80 bits per heavy atom. The van der Waals surface area contributed by atoms with Crippen LogP contribution in [-0.4, -0.2) is 78.8 Å². The largest absolute Gasteiger partial charge is 0.492 e. The van der Waals surface area contributed by atoms with Gasteiger partial charge in [-0.3, -0.25) is 4.79 Å². The Balaban J connectivity index is 1.05. The number of pyridine rings is 1. The number of carbonyl (C=O) groups excluding carboxylic acids is 2. The fourth-order valence-corrected chi connectivity index (χ4v) is 6.19. The molecule has 45 heavy (non-hydrogen) atoms. The minimum atomic E-state index is -0.425. The summed E-state index contributed by atoms with van der Waals surface area (Å²) in [6, 6.07) is 13.8. The first-order valence-corrected chi connectivity index (χ1v) is 15.2. The van der Waals surface area contributed by atoms with Crippen molar-refractivity contribution in [3.05, 3.63) is 77.8 Å². The van der Waals surface area contributed by atoms with Crippen LogP contribution >= 0.6 is 0 Å². The van der Waals surface area contributed by atoms with Crippen LogP contribution < -0.4 is 25.0 Å². The lowest BCUT2D eigenvalue weighted by Crippen LogP contribution is -2.42. The van der Waals surface area contributed by atoms with Gasteiger partial charge in [0.25, 0.3) is 0 Å². The molecule has 7 rings (SSSR count). The van der Waals surface area contributed by atoms with Gasteiger partial charge in [-0.05, 0) is 81.5 Å². The smallest absolute Gasteiger partial charge is 0.323 e. The van der Waals surface area contributed by atoms with E-state index < -0.39 is 6.03 Å². The van der Waals surface area contributed by atoms with E-state index in [1.54, 1.807) is 36.4 Å². The topological polar surface area (TPSA) is 110 Å². The first kappa shape index (κ1) is 28.9. The maximum Gasteiger partial charge on any atom is 0.323 e. The first-order chi connectivity index (χ1) is 21.8. The van der Waals surface area contributed by atoms with Gasteiger partial charge in [0.05, 0.1) is 23.5 Å². The van der Waals surface area contributed by atoms with Gasteiger partial charge in [-0.1, -0.05) is 0 Å². The van der Waals surface area contributed by atoms with Gasteiger partial charge in [-0.2, -0.15) is 0 Å². The minimum absolute atomic E-state index is 0.226. The van der Waals surface area contributed by atoms with Gasteiger partial charge < -0.3 is 39.2 Å². The predicted octanol–water partition coefficient (Wildman–Crippen LogP) is 5.14. The van der Waals surface area contributed by atoms with Crippen LogP contribution in [0, 0.1) is 0 Å². The van der Waals surface area contributed by atoms with Gasteiger partial charge in [0.1, 0.15) is 23.8 Å². The number of nitrogens with zero attached hydrogens (tertiary/aromatic N) is 4. The summed E-state index contributed by atoms with van der Waals surface area (Å²) < 4.78 is 19.8. The number of fused-ring (bicyclic) bond motifs is 4. The van der Waals surface area contributed by atoms with Crippen LogP contribution in [0.2, 0.25) is 0 Å². The van der Waals surface area contributed by atoms with Crippen molar-refractivity contribution in [1.82, 2.24) is 14.5 Å². The number of amides is 2. The SMILES string of the molecule is CN(C)CCOc1ccc(NC(=O)Nc2ccc3c(c2)C(=O)/C(=C/c2cn(C)c4nccc(N5CC6CCC(C5)O6)c24)O3)cc1. The van der Waals surface area contributed by atoms with Crippen LogP contribution in [0.3, 0.4) is 0 Å². The molecule has 2 aromatic heterocycles. The number of urea groups is 1. The highest BCUT2D eigenvalue weighted by Crippen LogP contribution is 2.38. The number of ether oxygens (including phenoxy) is 3. The number of aromatic nitrogens is 2. The number of allylic oxidation sites excluding steroid dienone is 1. The van der Waals surface area contributed by atoms with Crippen LogP contribution in [0.25, 0.3) is 17.1 Å². The van der Waals surface area contributed by atoms with E-state index in [1.165, 1.54) is 0 Å². The number of hydrogen-bond donors (Lipinski definition) is 2. The Kier molecular flexibility index (Phi) is 7.64. The van der Waals surface area contributed by atoms with E-state index in [0.717, 1.165) is 60.5 Å². The molecule has 2 amide bonds. The summed E-state index contributed by atoms with van der Waals surface area (Å²) in [6.07, 6.45) is 8.26. The summed E-state index contributed by atoms with van der Waals surface area (Å²) in [5.41, 5.74) is 4.27. The third-order valence-electron chi connectivity index (χ3n) is 8.38. The van der Waals surface area contributed by atoms with Crippen molar-refractivity contribution < 1.29 is 23.8 Å². The first-order valence-electron chi connectivity index (χ1n) is 15.2. The highest BCUT2D eigenvalue weighted by Gasteiger charge is 2.35. The third-order valence-corrected chi connectivity index (χ3v) is 8.38. The molecular formula is C34H36N6O5. The second-order valence-electron chi connectivity index (χ2n) is 12.0. The molecule has 3 aliphatic heterocycles. The number of hydrogen-bond acceptors (Lipinski definition) is 8. The lowest BCUT2D eigenvalue weighted by molar-refractivity contribution is 0.0306. The molecule has 11 nitrogen and oxygen atoms in total. The lowest BCUT2D eigenvalue weighted by Gasteiger charge is -2.34. The zero-order valence-electron chi connectivity index (χ0n) is 25.6. The summed E-state index contributed by atoms with van der Waals surface area (Å²) in [6.45, 7) is 3.06. The minimum Gasteiger partial charge on any atom is -0.492 e. The summed E-state index contributed by atoms with van der Waals surface area (Å²) >= 11 is 0. The number of aryl methyl sites for hydroxylation is 1. The number of Topliss-reactive ketones (excluding diaryl/α,β-unsaturated/α-hetero) is 1. The average Bonchev–Trinajstić information content (AvgIpc) is 3.65. The van der Waals surface area contributed by atoms with Gasteiger partial charge >= 0.3 is 6.03 Å². The normalized spacial score (nSPS) is 19.7. The van der Waals surface area contributed by atoms with Gasteiger partial charge in [0.2, 0.25) is 5.78 Å². The fraction of sp³-hybridized carbons (Fsp3) is 0.324. The summed E-state index contributed by atoms with van der Waals surface area (Å²) in [5, 5.41) is 6.60. The number of carbonyl (C=O) groups is 2. The van der Waals surface area contributed by atoms with Crippen LogP contribution in [0.4, 0.5) is 21.9 Å². The molecule has 11 heteroatoms. The van der Waals surface area contributed by atoms with Crippen molar-refractivity contribution >= 4 is 46.0 Å². The second kappa shape index (κ2) is 11.9. The molecule has 4 aromatic rings. The molecule has 0 radical (unpaired) electrons. The molecule has 3 aliphatic rings. The van der Waals surface area contributed by atoms with E-state index in [1.807, 2.05) is 61.2 Å². The van der Waals surface area contributed by atoms with E-state index in [9.17, 15) is 9.59 Å². The molecule has 2 aromatic carbocycles. The van der Waals surface area contributed by atoms with Crippen LogP contribution in [0.1, 0.15) is 28.8 Å². The highest BCUT2D eigenvalue weighted by atomic mass is 16.5. The van der Waals surface area contributed by atoms with Crippen molar-refractivity contribution in [3.8, 4) is 11.5 Å². The summed E-state index contributed by atoms with van der Waals surface area (Å²) in [7, 11) is 5.93. The van der Waals surface area contributed by atoms with Crippen molar-refractivity contribution in [2.75, 3.05) is 55.9 Å². The number of morpholine rings is 1. The van der Waals surface area contributed by atoms with Gasteiger partial charge in [0.15, 0.2) is 5.76 Å². The van der Waals surface area contributed by atoms with Gasteiger partial charge in [0, 0.05) is 61.4 Å². The lowest BCUT2D eigenvalue weighted by atomic mass is 10.1. The van der Waals surface area contributed by atoms with E-state index in [0.29, 0.717) is 29.3 Å². The number of likely N-dealkylation sites (N-methyl/N-ethyl adjacent to an activating group) is 1. The van der Waals surface area contributed by atoms with Crippen molar-refractivity contribution in [2.24, 2.45) is 7.05 Å². The van der Waals surface area contributed by atoms with Crippen molar-refractivity contribution in [2.45, 2.75) is 25.0 Å². The van der Waals surface area contributed by atoms with E-state index in [-0.39, 0.29) is 23.8 Å². The third kappa shape index (κ3) is 5.96. The van der Waals surface area contributed by atoms with E-state index in [4.69, 9.17) is 14.2 Å². The second-order valence-corrected chi connectivity index (χ2v) is 12.0. The van der Waals surface area contributed by atoms with Crippen LogP contribution in [0.15, 0.2) is 66.7 Å². The molecule has 0 aliphatic carbocycles. The predicted molar refractivity (Wildman–Crippen MR) is 173 cm³/mol. The molecule has 2 saturated heterocycles. The highest BCUT2D eigenvalue weighted by molar-refractivity contribution is 6.16. The quantitative estimate of drug-likeness (QED) is 0.265. The Morgan fingerprint density at radius 1 is 1.07 bits per heavy atom. The molecule has 0 saturated carbocycles. The zero-order chi connectivity index (χ0) is 31.1. The molecule has 2 bridgehead atoms. The standard InChI is InChI=1S/C34H36N6O5/c1-38(2)14-15-43-24-7-4-22(5-8-24)36-34(42)37-23-6-11-29-27(17-23)32(41)30(45-29)16-21-18-39(3)33-31(21)28(12-13-35-33)40-19-25-9-10-26(20-40)44-25/h4-8,11-13,16-18,25-26H,9-10,14-15,19-20H2,1-3H3,(H2,36,37,42)/b30-16-. The number of nitrogens with one attached hydrogen (secondary N) is 2. The maximum atomic E-state index is 13.5. The van der Waals surface area contributed by atoms with Gasteiger partial charge in [-0.15, -0.1) is 0 Å². The molecule has 2 N–H and O–H groups in total.